The topological polar surface area (TPSA) is 0 Å². The van der Waals surface area contributed by atoms with Crippen LogP contribution in [-0.4, -0.2) is 0 Å². The van der Waals surface area contributed by atoms with Gasteiger partial charge in [-0.1, -0.05) is 41.3 Å². The van der Waals surface area contributed by atoms with Crippen molar-refractivity contribution in [3.63, 3.8) is 0 Å². The van der Waals surface area contributed by atoms with Crippen LogP contribution >= 0.6 is 27.5 Å². The predicted molar refractivity (Wildman–Crippen MR) is 74.2 cm³/mol. The lowest BCUT2D eigenvalue weighted by Crippen LogP contribution is -2.13. The molecule has 0 saturated heterocycles. The van der Waals surface area contributed by atoms with Crippen LogP contribution < -0.4 is 0 Å². The van der Waals surface area contributed by atoms with E-state index in [1.54, 1.807) is 0 Å². The molecule has 2 heteroatoms. The van der Waals surface area contributed by atoms with Gasteiger partial charge in [0.25, 0.3) is 0 Å². The Balaban J connectivity index is 2.14. The summed E-state index contributed by atoms with van der Waals surface area (Å²) in [6, 6.07) is 4.41. The van der Waals surface area contributed by atoms with Crippen LogP contribution in [0, 0.1) is 19.8 Å². The van der Waals surface area contributed by atoms with Crippen LogP contribution in [0.4, 0.5) is 0 Å². The average Bonchev–Trinajstić information content (AvgIpc) is 2.17. The molecular formula is C14H18BrCl. The molecule has 16 heavy (non-hydrogen) atoms. The summed E-state index contributed by atoms with van der Waals surface area (Å²) in [6.07, 6.45) is 5.28. The van der Waals surface area contributed by atoms with Crippen molar-refractivity contribution in [1.82, 2.24) is 0 Å². The van der Waals surface area contributed by atoms with Crippen LogP contribution in [0.2, 0.25) is 0 Å². The second kappa shape index (κ2) is 5.10. The molecule has 1 aromatic carbocycles. The van der Waals surface area contributed by atoms with Crippen LogP contribution in [0.15, 0.2) is 16.6 Å². The van der Waals surface area contributed by atoms with Gasteiger partial charge in [-0.05, 0) is 48.9 Å². The highest BCUT2D eigenvalue weighted by molar-refractivity contribution is 9.10. The summed E-state index contributed by atoms with van der Waals surface area (Å²) in [5.41, 5.74) is 3.89. The van der Waals surface area contributed by atoms with Gasteiger partial charge in [0.05, 0.1) is 5.38 Å². The third-order valence-electron chi connectivity index (χ3n) is 3.65. The van der Waals surface area contributed by atoms with Crippen LogP contribution in [0.1, 0.15) is 47.8 Å². The maximum Gasteiger partial charge on any atom is 0.0590 e. The van der Waals surface area contributed by atoms with Gasteiger partial charge >= 0.3 is 0 Å². The number of hydrogen-bond acceptors (Lipinski definition) is 0. The van der Waals surface area contributed by atoms with Crippen LogP contribution in [0.25, 0.3) is 0 Å². The molecule has 0 nitrogen and oxygen atoms in total. The summed E-state index contributed by atoms with van der Waals surface area (Å²) in [6.45, 7) is 4.27. The molecule has 0 amide bonds. The number of aryl methyl sites for hydroxylation is 2. The summed E-state index contributed by atoms with van der Waals surface area (Å²) in [7, 11) is 0. The second-order valence-electron chi connectivity index (χ2n) is 4.96. The third-order valence-corrected chi connectivity index (χ3v) is 4.92. The van der Waals surface area contributed by atoms with Crippen LogP contribution in [-0.2, 0) is 0 Å². The average molecular weight is 302 g/mol. The summed E-state index contributed by atoms with van der Waals surface area (Å²) in [4.78, 5) is 0. The number of halogens is 2. The summed E-state index contributed by atoms with van der Waals surface area (Å²) >= 11 is 10.1. The van der Waals surface area contributed by atoms with Crippen molar-refractivity contribution in [3.8, 4) is 0 Å². The van der Waals surface area contributed by atoms with Gasteiger partial charge in [-0.25, -0.2) is 0 Å². The summed E-state index contributed by atoms with van der Waals surface area (Å²) in [5.74, 6) is 0.867. The first-order valence-corrected chi connectivity index (χ1v) is 7.21. The minimum absolute atomic E-state index is 0.192. The molecule has 1 aliphatic rings. The van der Waals surface area contributed by atoms with Crippen molar-refractivity contribution in [3.05, 3.63) is 33.3 Å². The van der Waals surface area contributed by atoms with Gasteiger partial charge in [-0.3, -0.25) is 0 Å². The van der Waals surface area contributed by atoms with Gasteiger partial charge < -0.3 is 0 Å². The van der Waals surface area contributed by atoms with E-state index in [2.05, 4.69) is 41.9 Å². The Morgan fingerprint density at radius 2 is 2.00 bits per heavy atom. The molecular weight excluding hydrogens is 284 g/mol. The van der Waals surface area contributed by atoms with E-state index < -0.39 is 0 Å². The first kappa shape index (κ1) is 12.4. The highest BCUT2D eigenvalue weighted by Gasteiger charge is 2.22. The predicted octanol–water partition coefficient (Wildman–Crippen LogP) is 5.54. The minimum atomic E-state index is 0.192. The summed E-state index contributed by atoms with van der Waals surface area (Å²) < 4.78 is 1.18. The molecule has 2 rings (SSSR count). The molecule has 0 bridgehead atoms. The first-order chi connectivity index (χ1) is 7.58. The van der Waals surface area contributed by atoms with E-state index in [1.807, 2.05) is 0 Å². The molecule has 0 aromatic heterocycles. The van der Waals surface area contributed by atoms with E-state index in [0.29, 0.717) is 0 Å². The molecule has 88 valence electrons. The molecule has 0 radical (unpaired) electrons. The van der Waals surface area contributed by atoms with Crippen LogP contribution in [0.3, 0.4) is 0 Å². The Labute approximate surface area is 112 Å². The Kier molecular flexibility index (Phi) is 3.97. The van der Waals surface area contributed by atoms with Crippen molar-refractivity contribution in [1.29, 1.82) is 0 Å². The van der Waals surface area contributed by atoms with Gasteiger partial charge in [0.1, 0.15) is 0 Å². The molecule has 1 unspecified atom stereocenters. The maximum atomic E-state index is 6.53. The fourth-order valence-corrected chi connectivity index (χ4v) is 3.23. The van der Waals surface area contributed by atoms with E-state index in [9.17, 15) is 0 Å². The van der Waals surface area contributed by atoms with Gasteiger partial charge in [0.15, 0.2) is 0 Å². The SMILES string of the molecule is Cc1cc(C(Cl)CC2CCC2)c(C)cc1Br. The lowest BCUT2D eigenvalue weighted by molar-refractivity contribution is 0.293. The number of hydrogen-bond donors (Lipinski definition) is 0. The quantitative estimate of drug-likeness (QED) is 0.643. The Hall–Kier alpha value is -0.0100. The number of benzene rings is 1. The van der Waals surface area contributed by atoms with E-state index in [-0.39, 0.29) is 5.38 Å². The number of rotatable bonds is 3. The number of alkyl halides is 1. The normalized spacial score (nSPS) is 18.2. The highest BCUT2D eigenvalue weighted by Crippen LogP contribution is 2.39. The Morgan fingerprint density at radius 3 is 2.56 bits per heavy atom. The van der Waals surface area contributed by atoms with E-state index in [4.69, 9.17) is 11.6 Å². The first-order valence-electron chi connectivity index (χ1n) is 5.98. The summed E-state index contributed by atoms with van der Waals surface area (Å²) in [5, 5.41) is 0.192. The lowest BCUT2D eigenvalue weighted by Gasteiger charge is -2.28. The monoisotopic (exact) mass is 300 g/mol. The van der Waals surface area contributed by atoms with Gasteiger partial charge in [0, 0.05) is 4.47 Å². The van der Waals surface area contributed by atoms with Crippen LogP contribution in [0.5, 0.6) is 0 Å². The molecule has 1 aromatic rings. The largest absolute Gasteiger partial charge is 0.118 e. The lowest BCUT2D eigenvalue weighted by atomic mass is 9.80. The molecule has 0 heterocycles. The van der Waals surface area contributed by atoms with Gasteiger partial charge in [-0.2, -0.15) is 0 Å². The molecule has 0 aliphatic heterocycles. The zero-order chi connectivity index (χ0) is 11.7. The maximum absolute atomic E-state index is 6.53. The van der Waals surface area contributed by atoms with Crippen molar-refractivity contribution in [2.45, 2.75) is 44.9 Å². The fourth-order valence-electron chi connectivity index (χ4n) is 2.29. The van der Waals surface area contributed by atoms with Gasteiger partial charge in [-0.15, -0.1) is 11.6 Å². The standard InChI is InChI=1S/C14H18BrCl/c1-9-7-13(15)10(2)6-12(9)14(16)8-11-4-3-5-11/h6-7,11,14H,3-5,8H2,1-2H3. The fraction of sp³-hybridized carbons (Fsp3) is 0.571. The molecule has 1 fully saturated rings. The Morgan fingerprint density at radius 1 is 1.31 bits per heavy atom. The van der Waals surface area contributed by atoms with Crippen molar-refractivity contribution < 1.29 is 0 Å². The molecule has 1 saturated carbocycles. The Bertz CT molecular complexity index is 383. The molecule has 1 aliphatic carbocycles. The highest BCUT2D eigenvalue weighted by atomic mass is 79.9. The van der Waals surface area contributed by atoms with Crippen molar-refractivity contribution in [2.75, 3.05) is 0 Å². The molecule has 0 spiro atoms. The van der Waals surface area contributed by atoms with Crippen molar-refractivity contribution >= 4 is 27.5 Å². The second-order valence-corrected chi connectivity index (χ2v) is 6.34. The van der Waals surface area contributed by atoms with Crippen molar-refractivity contribution in [2.24, 2.45) is 5.92 Å². The zero-order valence-corrected chi connectivity index (χ0v) is 12.2. The van der Waals surface area contributed by atoms with E-state index >= 15 is 0 Å². The van der Waals surface area contributed by atoms with E-state index in [1.165, 1.54) is 40.4 Å². The zero-order valence-electron chi connectivity index (χ0n) is 9.89. The van der Waals surface area contributed by atoms with E-state index in [0.717, 1.165) is 12.3 Å². The molecule has 1 atom stereocenters. The third kappa shape index (κ3) is 2.62. The molecule has 0 N–H and O–H groups in total. The van der Waals surface area contributed by atoms with Gasteiger partial charge in [0.2, 0.25) is 0 Å². The smallest absolute Gasteiger partial charge is 0.0590 e. The minimum Gasteiger partial charge on any atom is -0.118 e.